The van der Waals surface area contributed by atoms with Gasteiger partial charge in [-0.1, -0.05) is 38.1 Å². The van der Waals surface area contributed by atoms with Crippen LogP contribution in [-0.2, 0) is 32.1 Å². The summed E-state index contributed by atoms with van der Waals surface area (Å²) in [7, 11) is 0. The third-order valence-corrected chi connectivity index (χ3v) is 11.8. The minimum atomic E-state index is -1.45. The Morgan fingerprint density at radius 1 is 0.981 bits per heavy atom. The topological polar surface area (TPSA) is 197 Å². The van der Waals surface area contributed by atoms with Gasteiger partial charge in [0, 0.05) is 31.7 Å². The number of nitrogens with zero attached hydrogens (tertiary/aromatic N) is 3. The molecule has 1 saturated heterocycles. The number of nitrogens with one attached hydrogen (secondary N) is 2. The molecule has 14 nitrogen and oxygen atoms in total. The van der Waals surface area contributed by atoms with E-state index < -0.39 is 30.5 Å². The first-order chi connectivity index (χ1) is 25.5. The molecule has 6 rings (SSSR count). The van der Waals surface area contributed by atoms with Crippen molar-refractivity contribution < 1.29 is 44.2 Å². The predicted octanol–water partition coefficient (Wildman–Crippen LogP) is 1.82. The number of nitriles is 1. The van der Waals surface area contributed by atoms with Crippen LogP contribution in [0.1, 0.15) is 82.8 Å². The molecule has 2 amide bonds. The van der Waals surface area contributed by atoms with Crippen LogP contribution in [0.3, 0.4) is 0 Å². The zero-order valence-corrected chi connectivity index (χ0v) is 31.5. The van der Waals surface area contributed by atoms with Gasteiger partial charge in [-0.15, -0.1) is 0 Å². The third-order valence-electron chi connectivity index (χ3n) is 11.8. The van der Waals surface area contributed by atoms with E-state index >= 15 is 0 Å². The summed E-state index contributed by atoms with van der Waals surface area (Å²) in [5.74, 6) is 1.20. The van der Waals surface area contributed by atoms with Crippen molar-refractivity contribution in [1.29, 1.82) is 5.26 Å². The highest BCUT2D eigenvalue weighted by Crippen LogP contribution is 2.58. The Bertz CT molecular complexity index is 1360. The summed E-state index contributed by atoms with van der Waals surface area (Å²) >= 11 is 0. The lowest BCUT2D eigenvalue weighted by atomic mass is 9.51. The molecular formula is C39H61N5O9. The summed E-state index contributed by atoms with van der Waals surface area (Å²) < 4.78 is 17.6. The van der Waals surface area contributed by atoms with Crippen LogP contribution in [0.2, 0.25) is 0 Å². The average Bonchev–Trinajstić information content (AvgIpc) is 3.64. The number of carbonyl (C=O) groups is 2. The van der Waals surface area contributed by atoms with Gasteiger partial charge in [0.25, 0.3) is 0 Å². The number of rotatable bonds is 21. The van der Waals surface area contributed by atoms with E-state index in [1.54, 1.807) is 11.8 Å². The lowest BCUT2D eigenvalue weighted by Gasteiger charge is -2.62. The van der Waals surface area contributed by atoms with Crippen molar-refractivity contribution in [2.24, 2.45) is 11.8 Å². The molecule has 4 aliphatic carbocycles. The molecule has 53 heavy (non-hydrogen) atoms. The van der Waals surface area contributed by atoms with Gasteiger partial charge in [0.15, 0.2) is 0 Å². The quantitative estimate of drug-likeness (QED) is 0.100. The van der Waals surface area contributed by atoms with Crippen molar-refractivity contribution in [3.8, 4) is 6.07 Å². The summed E-state index contributed by atoms with van der Waals surface area (Å²) in [6.45, 7) is 7.35. The number of likely N-dealkylation sites (tertiary alicyclic amines) is 1. The molecule has 296 valence electrons. The smallest absolute Gasteiger partial charge is 0.407 e. The van der Waals surface area contributed by atoms with E-state index in [9.17, 15) is 35.3 Å². The van der Waals surface area contributed by atoms with Gasteiger partial charge in [-0.25, -0.2) is 4.79 Å². The van der Waals surface area contributed by atoms with Crippen molar-refractivity contribution in [2.75, 3.05) is 52.6 Å². The molecule has 1 aliphatic heterocycles. The van der Waals surface area contributed by atoms with Crippen LogP contribution in [0.4, 0.5) is 4.79 Å². The maximum atomic E-state index is 13.0. The molecule has 14 heteroatoms. The number of alkyl carbamates (subject to hydrolysis) is 1. The van der Waals surface area contributed by atoms with Crippen molar-refractivity contribution in [2.45, 2.75) is 126 Å². The molecule has 6 N–H and O–H groups in total. The fourth-order valence-corrected chi connectivity index (χ4v) is 9.35. The summed E-state index contributed by atoms with van der Waals surface area (Å²) in [6.07, 6.45) is 2.53. The Labute approximate surface area is 313 Å². The Balaban J connectivity index is 0.943. The van der Waals surface area contributed by atoms with Gasteiger partial charge >= 0.3 is 6.09 Å². The SMILES string of the molecule is CC[C@@H](O)[C@@H](O)[C@H](O)[C@@H](O)CN(CC)Cc1ccc(CNC(=O)OCCOCCOC23CC4CC(CC(NCC(=O)N5CCC[C@H]5C#N)(C4)C2)C3)cc1. The van der Waals surface area contributed by atoms with E-state index in [-0.39, 0.29) is 55.8 Å². The van der Waals surface area contributed by atoms with E-state index in [0.717, 1.165) is 56.1 Å². The molecule has 0 radical (unpaired) electrons. The van der Waals surface area contributed by atoms with E-state index in [2.05, 4.69) is 16.7 Å². The van der Waals surface area contributed by atoms with Crippen LogP contribution < -0.4 is 10.6 Å². The predicted molar refractivity (Wildman–Crippen MR) is 195 cm³/mol. The highest BCUT2D eigenvalue weighted by atomic mass is 16.6. The molecule has 2 unspecified atom stereocenters. The van der Waals surface area contributed by atoms with E-state index in [1.807, 2.05) is 36.1 Å². The first-order valence-corrected chi connectivity index (χ1v) is 19.6. The number of carbonyl (C=O) groups excluding carboxylic acids is 2. The van der Waals surface area contributed by atoms with Gasteiger partial charge < -0.3 is 50.2 Å². The highest BCUT2D eigenvalue weighted by molar-refractivity contribution is 5.79. The second-order valence-electron chi connectivity index (χ2n) is 15.8. The highest BCUT2D eigenvalue weighted by Gasteiger charge is 2.58. The maximum absolute atomic E-state index is 13.0. The number of aliphatic hydroxyl groups is 4. The third kappa shape index (κ3) is 11.1. The van der Waals surface area contributed by atoms with Crippen molar-refractivity contribution in [3.05, 3.63) is 35.4 Å². The Hall–Kier alpha value is -2.87. The van der Waals surface area contributed by atoms with E-state index in [4.69, 9.17) is 14.2 Å². The second-order valence-corrected chi connectivity index (χ2v) is 15.8. The first-order valence-electron chi connectivity index (χ1n) is 19.6. The Kier molecular flexibility index (Phi) is 14.9. The number of benzene rings is 1. The summed E-state index contributed by atoms with van der Waals surface area (Å²) in [4.78, 5) is 28.9. The Morgan fingerprint density at radius 3 is 2.34 bits per heavy atom. The number of aliphatic hydroxyl groups excluding tert-OH is 4. The molecule has 7 atom stereocenters. The van der Waals surface area contributed by atoms with E-state index in [0.29, 0.717) is 51.2 Å². The standard InChI is InChI=1S/C39H61N5O9/c1-3-32(45)35(48)36(49)33(46)25-43(4-2)24-28-9-7-27(8-10-28)22-41-37(50)52-14-12-51-13-15-53-39-19-29-16-30(20-39)18-38(17-29,26-39)42-23-34(47)44-11-5-6-31(44)21-40/h7-10,29-33,35-36,42,45-46,48-49H,3-6,11-20,22-26H2,1-2H3,(H,41,50)/t29?,30?,31-,32+,33-,35+,36+,38?,39?/m0/s1. The van der Waals surface area contributed by atoms with Gasteiger partial charge in [0.2, 0.25) is 5.91 Å². The van der Waals surface area contributed by atoms with Crippen LogP contribution in [0.5, 0.6) is 0 Å². The minimum Gasteiger partial charge on any atom is -0.447 e. The number of likely N-dealkylation sites (N-methyl/N-ethyl adjacent to an activating group) is 1. The second kappa shape index (κ2) is 19.1. The molecule has 5 fully saturated rings. The molecule has 0 aromatic heterocycles. The monoisotopic (exact) mass is 743 g/mol. The van der Waals surface area contributed by atoms with Gasteiger partial charge in [0.1, 0.15) is 24.9 Å². The fourth-order valence-electron chi connectivity index (χ4n) is 9.35. The minimum absolute atomic E-state index is 0.0231. The average molecular weight is 744 g/mol. The van der Waals surface area contributed by atoms with Crippen molar-refractivity contribution in [3.63, 3.8) is 0 Å². The number of amides is 2. The van der Waals surface area contributed by atoms with Gasteiger partial charge in [-0.05, 0) is 87.3 Å². The molecule has 4 saturated carbocycles. The van der Waals surface area contributed by atoms with Crippen LogP contribution >= 0.6 is 0 Å². The van der Waals surface area contributed by atoms with Gasteiger partial charge in [-0.3, -0.25) is 9.69 Å². The molecule has 1 aromatic rings. The molecule has 4 bridgehead atoms. The molecular weight excluding hydrogens is 682 g/mol. The van der Waals surface area contributed by atoms with Crippen LogP contribution in [-0.4, -0.2) is 136 Å². The summed E-state index contributed by atoms with van der Waals surface area (Å²) in [6, 6.07) is 9.64. The summed E-state index contributed by atoms with van der Waals surface area (Å²) in [5, 5.41) is 56.3. The number of hydrogen-bond acceptors (Lipinski definition) is 12. The first kappa shape index (κ1) is 41.3. The molecule has 1 aromatic carbocycles. The van der Waals surface area contributed by atoms with E-state index in [1.165, 1.54) is 6.42 Å². The Morgan fingerprint density at radius 2 is 1.66 bits per heavy atom. The largest absolute Gasteiger partial charge is 0.447 e. The zero-order chi connectivity index (χ0) is 38.0. The molecule has 0 spiro atoms. The fraction of sp³-hybridized carbons (Fsp3) is 0.769. The molecule has 5 aliphatic rings. The summed E-state index contributed by atoms with van der Waals surface area (Å²) in [5.41, 5.74) is 1.58. The lowest BCUT2D eigenvalue weighted by Crippen LogP contribution is -2.66. The van der Waals surface area contributed by atoms with Crippen LogP contribution in [0, 0.1) is 23.2 Å². The van der Waals surface area contributed by atoms with Crippen molar-refractivity contribution in [1.82, 2.24) is 20.4 Å². The zero-order valence-electron chi connectivity index (χ0n) is 31.5. The van der Waals surface area contributed by atoms with Crippen LogP contribution in [0.15, 0.2) is 24.3 Å². The molecule has 1 heterocycles. The van der Waals surface area contributed by atoms with Crippen molar-refractivity contribution >= 4 is 12.0 Å². The lowest BCUT2D eigenvalue weighted by molar-refractivity contribution is -0.182. The van der Waals surface area contributed by atoms with Gasteiger partial charge in [-0.2, -0.15) is 5.26 Å². The van der Waals surface area contributed by atoms with Gasteiger partial charge in [0.05, 0.1) is 50.2 Å². The number of hydrogen-bond donors (Lipinski definition) is 6. The number of ether oxygens (including phenoxy) is 3. The maximum Gasteiger partial charge on any atom is 0.407 e. The van der Waals surface area contributed by atoms with Crippen LogP contribution in [0.25, 0.3) is 0 Å². The normalized spacial score (nSPS) is 28.4.